The summed E-state index contributed by atoms with van der Waals surface area (Å²) in [5.41, 5.74) is 2.67. The van der Waals surface area contributed by atoms with Crippen molar-refractivity contribution in [3.63, 3.8) is 0 Å². The van der Waals surface area contributed by atoms with E-state index in [-0.39, 0.29) is 11.0 Å². The van der Waals surface area contributed by atoms with Gasteiger partial charge in [0.05, 0.1) is 20.5 Å². The molecule has 0 spiro atoms. The number of aryl methyl sites for hydroxylation is 1. The van der Waals surface area contributed by atoms with Crippen molar-refractivity contribution < 1.29 is 9.76 Å². The molecule has 0 aliphatic heterocycles. The first-order valence-electron chi connectivity index (χ1n) is 8.36. The molecule has 0 saturated carbocycles. The Balaban J connectivity index is 2.03. The number of thiophene rings is 1. The Morgan fingerprint density at radius 2 is 1.86 bits per heavy atom. The van der Waals surface area contributed by atoms with E-state index in [1.165, 1.54) is 23.8 Å². The molecule has 0 aliphatic carbocycles. The maximum Gasteiger partial charge on any atom is 0.343 e. The standard InChI is InChI=1S/C19H14Cl2N4O2S2/c1-10-7-9-28-17(10)15-16(13-6-8-22-19(23-13)29(2)27)25(26)18(24-15)14-11(20)4-3-5-12(14)21/h3-9,26H,1-2H3. The van der Waals surface area contributed by atoms with Crippen LogP contribution in [0.15, 0.2) is 47.1 Å². The van der Waals surface area contributed by atoms with Crippen LogP contribution in [0.3, 0.4) is 0 Å². The van der Waals surface area contributed by atoms with Gasteiger partial charge in [-0.05, 0) is 42.1 Å². The zero-order valence-corrected chi connectivity index (χ0v) is 18.4. The first-order chi connectivity index (χ1) is 13.9. The van der Waals surface area contributed by atoms with E-state index < -0.39 is 11.2 Å². The number of nitrogens with zero attached hydrogens (tertiary/aromatic N) is 4. The highest BCUT2D eigenvalue weighted by Gasteiger charge is 2.27. The summed E-state index contributed by atoms with van der Waals surface area (Å²) in [5.74, 6) is 0.191. The molecule has 1 unspecified atom stereocenters. The third kappa shape index (κ3) is 3.62. The molecule has 1 aromatic carbocycles. The highest BCUT2D eigenvalue weighted by molar-refractivity contribution is 7.90. The fourth-order valence-corrected chi connectivity index (χ4v) is 4.82. The summed E-state index contributed by atoms with van der Waals surface area (Å²) in [5, 5.41) is 13.9. The van der Waals surface area contributed by atoms with E-state index >= 15 is 0 Å². The fourth-order valence-electron chi connectivity index (χ4n) is 2.90. The molecule has 0 aliphatic rings. The third-order valence-corrected chi connectivity index (χ3v) is 6.62. The zero-order valence-electron chi connectivity index (χ0n) is 15.3. The number of hydrogen-bond acceptors (Lipinski definition) is 6. The van der Waals surface area contributed by atoms with Gasteiger partial charge in [-0.1, -0.05) is 29.3 Å². The molecule has 29 heavy (non-hydrogen) atoms. The molecular weight excluding hydrogens is 451 g/mol. The molecule has 0 amide bonds. The molecule has 1 atom stereocenters. The maximum atomic E-state index is 11.9. The Kier molecular flexibility index (Phi) is 5.54. The molecule has 3 aromatic heterocycles. The zero-order chi connectivity index (χ0) is 20.7. The van der Waals surface area contributed by atoms with Gasteiger partial charge in [0.2, 0.25) is 0 Å². The predicted octanol–water partition coefficient (Wildman–Crippen LogP) is 5.33. The second-order valence-corrected chi connectivity index (χ2v) is 9.16. The normalized spacial score (nSPS) is 12.3. The van der Waals surface area contributed by atoms with Crippen molar-refractivity contribution in [2.45, 2.75) is 12.1 Å². The monoisotopic (exact) mass is 464 g/mol. The van der Waals surface area contributed by atoms with Crippen LogP contribution >= 0.6 is 34.5 Å². The lowest BCUT2D eigenvalue weighted by atomic mass is 10.1. The van der Waals surface area contributed by atoms with Crippen molar-refractivity contribution >= 4 is 45.7 Å². The van der Waals surface area contributed by atoms with E-state index in [9.17, 15) is 9.76 Å². The Bertz CT molecular complexity index is 1190. The fraction of sp³-hybridized carbons (Fsp3) is 0.105. The van der Waals surface area contributed by atoms with Crippen LogP contribution in [0, 0.1) is 6.92 Å². The molecule has 1 N–H and O–H groups in total. The number of rotatable bonds is 4. The van der Waals surface area contributed by atoms with E-state index in [4.69, 9.17) is 23.2 Å². The molecule has 0 bridgehead atoms. The second kappa shape index (κ2) is 7.97. The summed E-state index contributed by atoms with van der Waals surface area (Å²) in [4.78, 5) is 13.9. The lowest BCUT2D eigenvalue weighted by Crippen LogP contribution is -2.06. The molecule has 4 aromatic rings. The Morgan fingerprint density at radius 3 is 2.48 bits per heavy atom. The minimum atomic E-state index is -1.38. The number of hydrogen-bond donors (Lipinski definition) is 1. The molecule has 0 saturated heterocycles. The average molecular weight is 465 g/mol. The average Bonchev–Trinajstić information content (AvgIpc) is 3.25. The van der Waals surface area contributed by atoms with E-state index in [2.05, 4.69) is 15.0 Å². The van der Waals surface area contributed by atoms with Gasteiger partial charge in [-0.25, -0.2) is 4.98 Å². The van der Waals surface area contributed by atoms with Gasteiger partial charge in [0, 0.05) is 17.4 Å². The Hall–Kier alpha value is -2.10. The van der Waals surface area contributed by atoms with Gasteiger partial charge >= 0.3 is 5.16 Å². The number of aromatic nitrogens is 4. The van der Waals surface area contributed by atoms with Gasteiger partial charge in [0.1, 0.15) is 23.3 Å². The van der Waals surface area contributed by atoms with Crippen LogP contribution < -0.4 is 0 Å². The predicted molar refractivity (Wildman–Crippen MR) is 116 cm³/mol. The van der Waals surface area contributed by atoms with Gasteiger partial charge in [0.25, 0.3) is 0 Å². The highest BCUT2D eigenvalue weighted by atomic mass is 35.5. The second-order valence-electron chi connectivity index (χ2n) is 6.15. The topological polar surface area (TPSA) is 86.9 Å². The van der Waals surface area contributed by atoms with E-state index in [0.717, 1.165) is 15.2 Å². The molecule has 0 fully saturated rings. The summed E-state index contributed by atoms with van der Waals surface area (Å²) < 4.78 is 12.8. The summed E-state index contributed by atoms with van der Waals surface area (Å²) in [7, 11) is 0. The quantitative estimate of drug-likeness (QED) is 0.250. The molecular formula is C19H14Cl2N4O2S2. The van der Waals surface area contributed by atoms with Crippen molar-refractivity contribution in [3.8, 4) is 33.3 Å². The third-order valence-electron chi connectivity index (χ3n) is 4.25. The molecule has 0 radical (unpaired) electrons. The van der Waals surface area contributed by atoms with Crippen molar-refractivity contribution in [1.82, 2.24) is 19.7 Å². The summed E-state index contributed by atoms with van der Waals surface area (Å²) in [6.07, 6.45) is 2.99. The first kappa shape index (κ1) is 20.2. The number of halogens is 2. The van der Waals surface area contributed by atoms with E-state index in [1.807, 2.05) is 18.4 Å². The summed E-state index contributed by atoms with van der Waals surface area (Å²) in [6.45, 7) is 1.96. The smallest absolute Gasteiger partial charge is 0.343 e. The van der Waals surface area contributed by atoms with Gasteiger partial charge in [0.15, 0.2) is 5.82 Å². The molecule has 3 heterocycles. The highest BCUT2D eigenvalue weighted by Crippen LogP contribution is 2.41. The lowest BCUT2D eigenvalue weighted by molar-refractivity contribution is 0.195. The van der Waals surface area contributed by atoms with Crippen LogP contribution in [0.25, 0.3) is 33.3 Å². The first-order valence-corrected chi connectivity index (χ1v) is 11.6. The molecule has 148 valence electrons. The SMILES string of the molecule is Cc1ccsc1-c1nc(-c2c(Cl)cccc2Cl)n(O)c1-c1ccnc([S+](C)[O-])n1. The van der Waals surface area contributed by atoms with Crippen LogP contribution in [0.4, 0.5) is 0 Å². The van der Waals surface area contributed by atoms with Gasteiger partial charge in [-0.15, -0.1) is 11.3 Å². The van der Waals surface area contributed by atoms with E-state index in [0.29, 0.717) is 32.7 Å². The van der Waals surface area contributed by atoms with Crippen LogP contribution in [0.1, 0.15) is 5.56 Å². The minimum absolute atomic E-state index is 0.162. The largest absolute Gasteiger partial charge is 0.609 e. The Labute approximate surface area is 184 Å². The minimum Gasteiger partial charge on any atom is -0.609 e. The Morgan fingerprint density at radius 1 is 1.14 bits per heavy atom. The van der Waals surface area contributed by atoms with Crippen LogP contribution in [-0.2, 0) is 11.2 Å². The maximum absolute atomic E-state index is 11.9. The van der Waals surface area contributed by atoms with Crippen molar-refractivity contribution in [1.29, 1.82) is 0 Å². The molecule has 6 nitrogen and oxygen atoms in total. The van der Waals surface area contributed by atoms with Gasteiger partial charge < -0.3 is 9.76 Å². The summed E-state index contributed by atoms with van der Waals surface area (Å²) in [6, 6.07) is 8.67. The van der Waals surface area contributed by atoms with Crippen LogP contribution in [0.2, 0.25) is 10.0 Å². The molecule has 4 rings (SSSR count). The van der Waals surface area contributed by atoms with Crippen LogP contribution in [0.5, 0.6) is 0 Å². The van der Waals surface area contributed by atoms with Gasteiger partial charge in [-0.3, -0.25) is 0 Å². The summed E-state index contributed by atoms with van der Waals surface area (Å²) >= 11 is 12.8. The number of benzene rings is 1. The van der Waals surface area contributed by atoms with Crippen molar-refractivity contribution in [3.05, 3.63) is 57.5 Å². The number of imidazole rings is 1. The molecule has 10 heteroatoms. The van der Waals surface area contributed by atoms with E-state index in [1.54, 1.807) is 24.3 Å². The van der Waals surface area contributed by atoms with Crippen LogP contribution in [-0.4, -0.2) is 35.7 Å². The van der Waals surface area contributed by atoms with Crippen molar-refractivity contribution in [2.75, 3.05) is 6.26 Å². The van der Waals surface area contributed by atoms with Gasteiger partial charge in [-0.2, -0.15) is 14.7 Å². The van der Waals surface area contributed by atoms with Crippen molar-refractivity contribution in [2.24, 2.45) is 0 Å². The lowest BCUT2D eigenvalue weighted by Gasteiger charge is -2.08.